The minimum Gasteiger partial charge on any atom is -0.465 e. The minimum absolute atomic E-state index is 0.291. The van der Waals surface area contributed by atoms with Gasteiger partial charge in [0.25, 0.3) is 0 Å². The second-order valence-corrected chi connectivity index (χ2v) is 10.0. The normalized spacial score (nSPS) is 14.1. The number of esters is 1. The lowest BCUT2D eigenvalue weighted by Gasteiger charge is -2.31. The van der Waals surface area contributed by atoms with Crippen LogP contribution in [-0.2, 0) is 17.7 Å². The molecule has 0 saturated carbocycles. The van der Waals surface area contributed by atoms with E-state index < -0.39 is 12.0 Å². The van der Waals surface area contributed by atoms with Crippen LogP contribution in [0.3, 0.4) is 0 Å². The number of para-hydroxylation sites is 2. The largest absolute Gasteiger partial charge is 0.465 e. The summed E-state index contributed by atoms with van der Waals surface area (Å²) in [5.74, 6) is 0.383. The molecule has 0 radical (unpaired) electrons. The van der Waals surface area contributed by atoms with Crippen molar-refractivity contribution in [1.29, 1.82) is 0 Å². The number of fused-ring (bicyclic) bond motifs is 3. The van der Waals surface area contributed by atoms with Gasteiger partial charge in [-0.05, 0) is 60.9 Å². The molecular weight excluding hydrogens is 514 g/mol. The molecule has 1 aliphatic heterocycles. The molecule has 2 aromatic heterocycles. The number of methoxy groups -OCH3 is 1. The fourth-order valence-corrected chi connectivity index (χ4v) is 5.50. The van der Waals surface area contributed by atoms with Gasteiger partial charge >= 0.3 is 12.0 Å². The number of aromatic nitrogens is 3. The number of carbonyl (C=O) groups is 2. The van der Waals surface area contributed by atoms with Crippen LogP contribution in [0.1, 0.15) is 51.4 Å². The molecule has 41 heavy (non-hydrogen) atoms. The summed E-state index contributed by atoms with van der Waals surface area (Å²) >= 11 is 0. The molecule has 5 aromatic rings. The number of hydrogen-bond acceptors (Lipinski definition) is 4. The average molecular weight is 546 g/mol. The van der Waals surface area contributed by atoms with E-state index in [1.807, 2.05) is 65.2 Å². The van der Waals surface area contributed by atoms with Gasteiger partial charge in [0.2, 0.25) is 0 Å². The summed E-state index contributed by atoms with van der Waals surface area (Å²) in [6, 6.07) is 28.6. The SMILES string of the molecule is CCc1ccc([C@H]2c3cccn3-c3c(c(C)nn3-c3ccccc3)CN2C(=O)Nc2ccccc2C(=O)OC)cc1. The van der Waals surface area contributed by atoms with Crippen molar-refractivity contribution in [2.24, 2.45) is 0 Å². The highest BCUT2D eigenvalue weighted by Gasteiger charge is 2.36. The number of rotatable bonds is 5. The predicted octanol–water partition coefficient (Wildman–Crippen LogP) is 6.46. The number of hydrogen-bond donors (Lipinski definition) is 1. The quantitative estimate of drug-likeness (QED) is 0.257. The number of urea groups is 1. The Kier molecular flexibility index (Phi) is 6.89. The van der Waals surface area contributed by atoms with Crippen LogP contribution in [0.5, 0.6) is 0 Å². The third-order valence-corrected chi connectivity index (χ3v) is 7.63. The van der Waals surface area contributed by atoms with E-state index in [-0.39, 0.29) is 6.03 Å². The minimum atomic E-state index is -0.514. The molecule has 206 valence electrons. The van der Waals surface area contributed by atoms with Crippen molar-refractivity contribution >= 4 is 17.7 Å². The summed E-state index contributed by atoms with van der Waals surface area (Å²) in [6.07, 6.45) is 2.95. The maximum absolute atomic E-state index is 14.2. The summed E-state index contributed by atoms with van der Waals surface area (Å²) in [6.45, 7) is 4.40. The number of benzene rings is 3. The Hall–Kier alpha value is -5.11. The lowest BCUT2D eigenvalue weighted by molar-refractivity contribution is 0.0602. The lowest BCUT2D eigenvalue weighted by atomic mass is 9.99. The summed E-state index contributed by atoms with van der Waals surface area (Å²) in [7, 11) is 1.33. The van der Waals surface area contributed by atoms with E-state index in [9.17, 15) is 9.59 Å². The number of ether oxygens (including phenoxy) is 1. The third kappa shape index (κ3) is 4.67. The molecule has 6 rings (SSSR count). The van der Waals surface area contributed by atoms with E-state index in [2.05, 4.69) is 41.1 Å². The Morgan fingerprint density at radius 1 is 0.951 bits per heavy atom. The standard InChI is InChI=1S/C33H31N5O3/c1-4-23-16-18-24(19-17-23)30-29-15-10-20-36(29)31-27(22(2)35-38(31)25-11-6-5-7-12-25)21-37(30)33(40)34-28-14-9-8-13-26(28)32(39)41-3/h5-20,30H,4,21H2,1-3H3,(H,34,40)/t30-/m0/s1. The van der Waals surface area contributed by atoms with Crippen LogP contribution in [0.4, 0.5) is 10.5 Å². The highest BCUT2D eigenvalue weighted by Crippen LogP contribution is 2.39. The number of anilines is 1. The fourth-order valence-electron chi connectivity index (χ4n) is 5.50. The van der Waals surface area contributed by atoms with Gasteiger partial charge in [0.15, 0.2) is 0 Å². The molecule has 0 saturated heterocycles. The van der Waals surface area contributed by atoms with Crippen molar-refractivity contribution in [3.63, 3.8) is 0 Å². The zero-order valence-electron chi connectivity index (χ0n) is 23.2. The Balaban J connectivity index is 1.52. The highest BCUT2D eigenvalue weighted by atomic mass is 16.5. The molecule has 0 unspecified atom stereocenters. The molecule has 1 atom stereocenters. The van der Waals surface area contributed by atoms with Crippen molar-refractivity contribution in [1.82, 2.24) is 19.2 Å². The summed E-state index contributed by atoms with van der Waals surface area (Å²) < 4.78 is 9.04. The monoisotopic (exact) mass is 545 g/mol. The van der Waals surface area contributed by atoms with Gasteiger partial charge in [-0.2, -0.15) is 5.10 Å². The molecule has 2 amide bonds. The maximum Gasteiger partial charge on any atom is 0.339 e. The van der Waals surface area contributed by atoms with Crippen LogP contribution in [-0.4, -0.2) is 38.4 Å². The van der Waals surface area contributed by atoms with Crippen LogP contribution in [0.25, 0.3) is 11.5 Å². The third-order valence-electron chi connectivity index (χ3n) is 7.63. The molecule has 1 N–H and O–H groups in total. The predicted molar refractivity (Wildman–Crippen MR) is 158 cm³/mol. The van der Waals surface area contributed by atoms with E-state index in [0.29, 0.717) is 17.8 Å². The number of carbonyl (C=O) groups excluding carboxylic acids is 2. The Morgan fingerprint density at radius 3 is 2.41 bits per heavy atom. The van der Waals surface area contributed by atoms with Gasteiger partial charge in [0.1, 0.15) is 5.82 Å². The smallest absolute Gasteiger partial charge is 0.339 e. The van der Waals surface area contributed by atoms with Crippen molar-refractivity contribution in [3.05, 3.63) is 131 Å². The molecule has 3 aromatic carbocycles. The molecule has 8 heteroatoms. The first-order valence-corrected chi connectivity index (χ1v) is 13.7. The average Bonchev–Trinajstić information content (AvgIpc) is 3.57. The first kappa shape index (κ1) is 26.1. The molecule has 0 bridgehead atoms. The Labute approximate surface area is 238 Å². The van der Waals surface area contributed by atoms with E-state index in [1.165, 1.54) is 12.7 Å². The van der Waals surface area contributed by atoms with Gasteiger partial charge in [-0.15, -0.1) is 0 Å². The first-order valence-electron chi connectivity index (χ1n) is 13.7. The van der Waals surface area contributed by atoms with Gasteiger partial charge in [0.05, 0.1) is 48.0 Å². The zero-order chi connectivity index (χ0) is 28.5. The lowest BCUT2D eigenvalue weighted by Crippen LogP contribution is -2.38. The molecule has 0 aliphatic carbocycles. The van der Waals surface area contributed by atoms with E-state index >= 15 is 0 Å². The van der Waals surface area contributed by atoms with Crippen molar-refractivity contribution in [2.45, 2.75) is 32.9 Å². The van der Waals surface area contributed by atoms with Gasteiger partial charge in [-0.1, -0.05) is 61.5 Å². The van der Waals surface area contributed by atoms with Gasteiger partial charge < -0.3 is 19.5 Å². The van der Waals surface area contributed by atoms with Crippen LogP contribution in [0.2, 0.25) is 0 Å². The van der Waals surface area contributed by atoms with E-state index in [1.54, 1.807) is 24.3 Å². The fraction of sp³-hybridized carbons (Fsp3) is 0.182. The van der Waals surface area contributed by atoms with Crippen LogP contribution >= 0.6 is 0 Å². The maximum atomic E-state index is 14.2. The topological polar surface area (TPSA) is 81.4 Å². The van der Waals surface area contributed by atoms with Crippen molar-refractivity contribution in [2.75, 3.05) is 12.4 Å². The second-order valence-electron chi connectivity index (χ2n) is 10.0. The Morgan fingerprint density at radius 2 is 1.68 bits per heavy atom. The Bertz CT molecular complexity index is 1720. The highest BCUT2D eigenvalue weighted by molar-refractivity contribution is 6.01. The second kappa shape index (κ2) is 10.8. The van der Waals surface area contributed by atoms with Crippen LogP contribution in [0, 0.1) is 6.92 Å². The molecule has 1 aliphatic rings. The van der Waals surface area contributed by atoms with Crippen LogP contribution in [0.15, 0.2) is 97.2 Å². The molecule has 0 spiro atoms. The number of nitrogens with zero attached hydrogens (tertiary/aromatic N) is 4. The molecular formula is C33H31N5O3. The molecule has 0 fully saturated rings. The zero-order valence-corrected chi connectivity index (χ0v) is 23.2. The van der Waals surface area contributed by atoms with Gasteiger partial charge in [0, 0.05) is 11.8 Å². The summed E-state index contributed by atoms with van der Waals surface area (Å²) in [4.78, 5) is 28.5. The van der Waals surface area contributed by atoms with E-state index in [0.717, 1.165) is 40.4 Å². The van der Waals surface area contributed by atoms with Crippen molar-refractivity contribution < 1.29 is 14.3 Å². The molecule has 8 nitrogen and oxygen atoms in total. The summed E-state index contributed by atoms with van der Waals surface area (Å²) in [5, 5.41) is 7.91. The number of amides is 2. The van der Waals surface area contributed by atoms with E-state index in [4.69, 9.17) is 9.84 Å². The number of aryl methyl sites for hydroxylation is 2. The number of nitrogens with one attached hydrogen (secondary N) is 1. The first-order chi connectivity index (χ1) is 20.0. The molecule has 3 heterocycles. The summed E-state index contributed by atoms with van der Waals surface area (Å²) in [5.41, 5.74) is 6.53. The van der Waals surface area contributed by atoms with Crippen molar-refractivity contribution in [3.8, 4) is 11.5 Å². The van der Waals surface area contributed by atoms with Crippen LogP contribution < -0.4 is 5.32 Å². The van der Waals surface area contributed by atoms with Gasteiger partial charge in [-0.25, -0.2) is 14.3 Å². The van der Waals surface area contributed by atoms with Gasteiger partial charge in [-0.3, -0.25) is 0 Å².